The maximum Gasteiger partial charge on any atom is 0.387 e. The molecule has 0 aromatic heterocycles. The van der Waals surface area contributed by atoms with Gasteiger partial charge in [0.15, 0.2) is 5.96 Å². The molecular formula is C21H33F2N5O2. The van der Waals surface area contributed by atoms with Crippen LogP contribution in [0.25, 0.3) is 0 Å². The predicted octanol–water partition coefficient (Wildman–Crippen LogP) is 2.58. The summed E-state index contributed by atoms with van der Waals surface area (Å²) in [4.78, 5) is 18.5. The minimum absolute atomic E-state index is 0.00761. The molecule has 1 aromatic rings. The molecule has 168 valence electrons. The Morgan fingerprint density at radius 2 is 2.03 bits per heavy atom. The van der Waals surface area contributed by atoms with Crippen LogP contribution >= 0.6 is 0 Å². The van der Waals surface area contributed by atoms with Crippen molar-refractivity contribution < 1.29 is 18.3 Å². The van der Waals surface area contributed by atoms with Gasteiger partial charge in [-0.05, 0) is 25.5 Å². The number of rotatable bonds is 8. The molecule has 0 spiro atoms. The molecule has 1 amide bonds. The third-order valence-electron chi connectivity index (χ3n) is 4.64. The lowest BCUT2D eigenvalue weighted by molar-refractivity contribution is -0.128. The molecule has 1 aromatic carbocycles. The van der Waals surface area contributed by atoms with Crippen LogP contribution in [0.3, 0.4) is 0 Å². The van der Waals surface area contributed by atoms with Crippen molar-refractivity contribution in [2.75, 3.05) is 37.6 Å². The first-order chi connectivity index (χ1) is 14.2. The quantitative estimate of drug-likeness (QED) is 0.339. The van der Waals surface area contributed by atoms with E-state index < -0.39 is 12.0 Å². The predicted molar refractivity (Wildman–Crippen MR) is 115 cm³/mol. The fraction of sp³-hybridized carbons (Fsp3) is 0.619. The van der Waals surface area contributed by atoms with Crippen molar-refractivity contribution in [2.24, 2.45) is 10.4 Å². The zero-order valence-corrected chi connectivity index (χ0v) is 18.2. The summed E-state index contributed by atoms with van der Waals surface area (Å²) < 4.78 is 30.0. The van der Waals surface area contributed by atoms with Crippen molar-refractivity contribution in [1.82, 2.24) is 16.0 Å². The van der Waals surface area contributed by atoms with Crippen molar-refractivity contribution in [3.8, 4) is 5.75 Å². The number of anilines is 1. The SMILES string of the molecule is CCNC(=NCCNC(=O)C(C)(C)C)NC1CCN(c2ccccc2OC(F)F)C1. The Morgan fingerprint density at radius 3 is 2.70 bits per heavy atom. The van der Waals surface area contributed by atoms with Crippen LogP contribution in [0.5, 0.6) is 5.75 Å². The van der Waals surface area contributed by atoms with E-state index in [1.807, 2.05) is 38.7 Å². The molecule has 1 saturated heterocycles. The van der Waals surface area contributed by atoms with Crippen LogP contribution in [0, 0.1) is 5.41 Å². The Bertz CT molecular complexity index is 722. The average Bonchev–Trinajstić information content (AvgIpc) is 3.12. The summed E-state index contributed by atoms with van der Waals surface area (Å²) in [5.74, 6) is 0.849. The Hall–Kier alpha value is -2.58. The number of nitrogens with one attached hydrogen (secondary N) is 3. The minimum Gasteiger partial charge on any atom is -0.433 e. The molecule has 0 saturated carbocycles. The van der Waals surface area contributed by atoms with Crippen molar-refractivity contribution >= 4 is 17.6 Å². The maximum absolute atomic E-state index is 12.7. The summed E-state index contributed by atoms with van der Waals surface area (Å²) in [5, 5.41) is 9.47. The molecule has 3 N–H and O–H groups in total. The molecule has 1 aliphatic rings. The fourth-order valence-electron chi connectivity index (χ4n) is 3.13. The lowest BCUT2D eigenvalue weighted by atomic mass is 9.96. The minimum atomic E-state index is -2.85. The second-order valence-electron chi connectivity index (χ2n) is 8.19. The second-order valence-corrected chi connectivity index (χ2v) is 8.19. The lowest BCUT2D eigenvalue weighted by Crippen LogP contribution is -2.45. The van der Waals surface area contributed by atoms with E-state index in [2.05, 4.69) is 25.7 Å². The Labute approximate surface area is 177 Å². The van der Waals surface area contributed by atoms with Gasteiger partial charge in [0.2, 0.25) is 5.91 Å². The highest BCUT2D eigenvalue weighted by atomic mass is 19.3. The zero-order chi connectivity index (χ0) is 22.1. The number of nitrogens with zero attached hydrogens (tertiary/aromatic N) is 2. The molecule has 2 rings (SSSR count). The van der Waals surface area contributed by atoms with E-state index in [9.17, 15) is 13.6 Å². The van der Waals surface area contributed by atoms with E-state index in [1.165, 1.54) is 0 Å². The average molecular weight is 426 g/mol. The highest BCUT2D eigenvalue weighted by Gasteiger charge is 2.26. The van der Waals surface area contributed by atoms with Gasteiger partial charge in [-0.3, -0.25) is 9.79 Å². The highest BCUT2D eigenvalue weighted by molar-refractivity contribution is 5.82. The summed E-state index contributed by atoms with van der Waals surface area (Å²) in [6.45, 7) is 7.74. The number of guanidine groups is 1. The standard InChI is InChI=1S/C21H33F2N5O2/c1-5-24-20(26-12-11-25-18(29)21(2,3)4)27-15-10-13-28(14-15)16-8-6-7-9-17(16)30-19(22)23/h6-9,15,19H,5,10-14H2,1-4H3,(H,25,29)(H2,24,26,27). The number of hydrogen-bond donors (Lipinski definition) is 3. The molecule has 1 atom stereocenters. The van der Waals surface area contributed by atoms with E-state index in [1.54, 1.807) is 18.2 Å². The van der Waals surface area contributed by atoms with Gasteiger partial charge in [-0.25, -0.2) is 0 Å². The van der Waals surface area contributed by atoms with Crippen LogP contribution in [0.2, 0.25) is 0 Å². The summed E-state index contributed by atoms with van der Waals surface area (Å²) >= 11 is 0. The monoisotopic (exact) mass is 425 g/mol. The Morgan fingerprint density at radius 1 is 1.30 bits per heavy atom. The maximum atomic E-state index is 12.7. The van der Waals surface area contributed by atoms with Crippen LogP contribution in [-0.2, 0) is 4.79 Å². The first-order valence-electron chi connectivity index (χ1n) is 10.3. The summed E-state index contributed by atoms with van der Waals surface area (Å²) in [6.07, 6.45) is 0.841. The number of benzene rings is 1. The zero-order valence-electron chi connectivity index (χ0n) is 18.2. The van der Waals surface area contributed by atoms with Crippen LogP contribution < -0.4 is 25.6 Å². The van der Waals surface area contributed by atoms with Gasteiger partial charge in [0.25, 0.3) is 0 Å². The Balaban J connectivity index is 1.91. The Kier molecular flexibility index (Phi) is 8.68. The van der Waals surface area contributed by atoms with Crippen molar-refractivity contribution in [2.45, 2.75) is 46.8 Å². The number of halogens is 2. The highest BCUT2D eigenvalue weighted by Crippen LogP contribution is 2.31. The molecule has 1 heterocycles. The number of alkyl halides is 2. The van der Waals surface area contributed by atoms with Gasteiger partial charge in [0.05, 0.1) is 12.2 Å². The first-order valence-corrected chi connectivity index (χ1v) is 10.3. The van der Waals surface area contributed by atoms with Crippen LogP contribution in [0.4, 0.5) is 14.5 Å². The smallest absolute Gasteiger partial charge is 0.387 e. The fourth-order valence-corrected chi connectivity index (χ4v) is 3.13. The molecule has 0 radical (unpaired) electrons. The first kappa shape index (κ1) is 23.7. The van der Waals surface area contributed by atoms with Gasteiger partial charge >= 0.3 is 6.61 Å². The molecule has 0 aliphatic carbocycles. The number of ether oxygens (including phenoxy) is 1. The molecule has 0 bridgehead atoms. The van der Waals surface area contributed by atoms with E-state index >= 15 is 0 Å². The van der Waals surface area contributed by atoms with Crippen LogP contribution in [0.1, 0.15) is 34.1 Å². The van der Waals surface area contributed by atoms with Gasteiger partial charge in [-0.2, -0.15) is 8.78 Å². The van der Waals surface area contributed by atoms with E-state index in [0.717, 1.165) is 13.0 Å². The van der Waals surface area contributed by atoms with Crippen molar-refractivity contribution in [1.29, 1.82) is 0 Å². The lowest BCUT2D eigenvalue weighted by Gasteiger charge is -2.22. The summed E-state index contributed by atoms with van der Waals surface area (Å²) in [6, 6.07) is 6.95. The normalized spacial score (nSPS) is 17.2. The molecule has 30 heavy (non-hydrogen) atoms. The summed E-state index contributed by atoms with van der Waals surface area (Å²) in [5.41, 5.74) is 0.235. The number of carbonyl (C=O) groups is 1. The van der Waals surface area contributed by atoms with Gasteiger partial charge in [-0.1, -0.05) is 32.9 Å². The third-order valence-corrected chi connectivity index (χ3v) is 4.64. The van der Waals surface area contributed by atoms with E-state index in [0.29, 0.717) is 37.8 Å². The van der Waals surface area contributed by atoms with E-state index in [4.69, 9.17) is 0 Å². The van der Waals surface area contributed by atoms with Gasteiger partial charge in [-0.15, -0.1) is 0 Å². The van der Waals surface area contributed by atoms with Crippen LogP contribution in [-0.4, -0.2) is 57.2 Å². The molecule has 1 unspecified atom stereocenters. The number of aliphatic imine (C=N–C) groups is 1. The molecule has 7 nitrogen and oxygen atoms in total. The molecule has 1 fully saturated rings. The molecular weight excluding hydrogens is 392 g/mol. The third kappa shape index (κ3) is 7.35. The number of carbonyl (C=O) groups excluding carboxylic acids is 1. The number of amides is 1. The largest absolute Gasteiger partial charge is 0.433 e. The molecule has 9 heteroatoms. The molecule has 1 aliphatic heterocycles. The van der Waals surface area contributed by atoms with Crippen LogP contribution in [0.15, 0.2) is 29.3 Å². The van der Waals surface area contributed by atoms with E-state index in [-0.39, 0.29) is 17.7 Å². The second kappa shape index (κ2) is 11.0. The van der Waals surface area contributed by atoms with Gasteiger partial charge in [0, 0.05) is 37.6 Å². The van der Waals surface area contributed by atoms with Gasteiger partial charge in [0.1, 0.15) is 5.75 Å². The van der Waals surface area contributed by atoms with Crippen molar-refractivity contribution in [3.05, 3.63) is 24.3 Å². The van der Waals surface area contributed by atoms with Gasteiger partial charge < -0.3 is 25.6 Å². The topological polar surface area (TPSA) is 78.0 Å². The number of hydrogen-bond acceptors (Lipinski definition) is 4. The summed E-state index contributed by atoms with van der Waals surface area (Å²) in [7, 11) is 0. The number of para-hydroxylation sites is 2. The van der Waals surface area contributed by atoms with Crippen molar-refractivity contribution in [3.63, 3.8) is 0 Å².